The van der Waals surface area contributed by atoms with Gasteiger partial charge < -0.3 is 14.6 Å². The lowest BCUT2D eigenvalue weighted by Crippen LogP contribution is -2.49. The highest BCUT2D eigenvalue weighted by atomic mass is 35.5. The monoisotopic (exact) mass is 415 g/mol. The zero-order valence-corrected chi connectivity index (χ0v) is 16.0. The number of aromatic nitrogens is 2. The molecule has 2 aromatic rings. The molecule has 1 fully saturated rings. The molecule has 0 unspecified atom stereocenters. The number of hydrogen-bond donors (Lipinski definition) is 1. The van der Waals surface area contributed by atoms with E-state index < -0.39 is 29.9 Å². The lowest BCUT2D eigenvalue weighted by atomic mass is 9.96. The van der Waals surface area contributed by atoms with Gasteiger partial charge in [0.15, 0.2) is 5.82 Å². The van der Waals surface area contributed by atoms with Crippen LogP contribution in [-0.2, 0) is 23.9 Å². The van der Waals surface area contributed by atoms with Crippen molar-refractivity contribution in [2.45, 2.75) is 43.5 Å². The maximum absolute atomic E-state index is 13.7. The molecule has 1 aliphatic rings. The standard InChI is InChI=1S/C19H21ClF3N3O2/c1-25-10-8-24-17(25)18(28,19(21,22)23)12-16(27)26-9-4-6-14(26)11-13-5-2-3-7-15(13)20/h2-3,5,7-8,10,14,28H,4,6,9,11-12H2,1H3/t14-,18-/m1/s1. The molecule has 0 saturated carbocycles. The molecule has 9 heteroatoms. The van der Waals surface area contributed by atoms with Crippen molar-refractivity contribution >= 4 is 17.5 Å². The van der Waals surface area contributed by atoms with E-state index in [1.165, 1.54) is 18.1 Å². The fraction of sp³-hybridized carbons (Fsp3) is 0.474. The van der Waals surface area contributed by atoms with Crippen molar-refractivity contribution in [3.8, 4) is 0 Å². The first-order valence-electron chi connectivity index (χ1n) is 8.93. The van der Waals surface area contributed by atoms with Crippen molar-refractivity contribution in [3.63, 3.8) is 0 Å². The Hall–Kier alpha value is -2.06. The number of halogens is 4. The first-order valence-corrected chi connectivity index (χ1v) is 9.31. The van der Waals surface area contributed by atoms with E-state index in [1.54, 1.807) is 12.1 Å². The molecule has 28 heavy (non-hydrogen) atoms. The topological polar surface area (TPSA) is 58.4 Å². The van der Waals surface area contributed by atoms with E-state index in [4.69, 9.17) is 11.6 Å². The van der Waals surface area contributed by atoms with E-state index in [1.807, 2.05) is 12.1 Å². The third kappa shape index (κ3) is 3.89. The number of imidazole rings is 1. The Labute approximate surface area is 165 Å². The Morgan fingerprint density at radius 3 is 2.68 bits per heavy atom. The van der Waals surface area contributed by atoms with Gasteiger partial charge in [-0.25, -0.2) is 4.98 Å². The molecule has 0 spiro atoms. The average molecular weight is 416 g/mol. The first kappa shape index (κ1) is 20.7. The number of aryl methyl sites for hydroxylation is 1. The number of rotatable bonds is 5. The average Bonchev–Trinajstić information content (AvgIpc) is 3.25. The third-order valence-electron chi connectivity index (χ3n) is 5.18. The fourth-order valence-corrected chi connectivity index (χ4v) is 3.90. The molecule has 152 valence electrons. The summed E-state index contributed by atoms with van der Waals surface area (Å²) in [5.41, 5.74) is -2.51. The van der Waals surface area contributed by atoms with Gasteiger partial charge in [0.2, 0.25) is 11.5 Å². The zero-order valence-electron chi connectivity index (χ0n) is 15.3. The molecule has 1 amide bonds. The van der Waals surface area contributed by atoms with Crippen molar-refractivity contribution in [3.05, 3.63) is 53.1 Å². The fourth-order valence-electron chi connectivity index (χ4n) is 3.68. The van der Waals surface area contributed by atoms with Crippen LogP contribution in [0.5, 0.6) is 0 Å². The summed E-state index contributed by atoms with van der Waals surface area (Å²) in [7, 11) is 1.35. The van der Waals surface area contributed by atoms with Crippen molar-refractivity contribution < 1.29 is 23.1 Å². The minimum atomic E-state index is -5.04. The Morgan fingerprint density at radius 2 is 2.07 bits per heavy atom. The van der Waals surface area contributed by atoms with Gasteiger partial charge in [0.25, 0.3) is 0 Å². The number of carbonyl (C=O) groups excluding carboxylic acids is 1. The van der Waals surface area contributed by atoms with Gasteiger partial charge in [-0.1, -0.05) is 29.8 Å². The minimum absolute atomic E-state index is 0.258. The van der Waals surface area contributed by atoms with Crippen LogP contribution < -0.4 is 0 Å². The number of carbonyl (C=O) groups is 1. The molecule has 1 N–H and O–H groups in total. The molecule has 1 aromatic heterocycles. The third-order valence-corrected chi connectivity index (χ3v) is 5.55. The SMILES string of the molecule is Cn1ccnc1[C@](O)(CC(=O)N1CCC[C@@H]1Cc1ccccc1Cl)C(F)(F)F. The van der Waals surface area contributed by atoms with Gasteiger partial charge in [-0.3, -0.25) is 4.79 Å². The smallest absolute Gasteiger partial charge is 0.374 e. The zero-order chi connectivity index (χ0) is 20.5. The molecule has 5 nitrogen and oxygen atoms in total. The number of aliphatic hydroxyl groups is 1. The number of hydrogen-bond acceptors (Lipinski definition) is 3. The normalized spacial score (nSPS) is 19.6. The second-order valence-corrected chi connectivity index (χ2v) is 7.48. The molecular weight excluding hydrogens is 395 g/mol. The molecule has 1 aliphatic heterocycles. The molecular formula is C19H21ClF3N3O2. The van der Waals surface area contributed by atoms with Crippen LogP contribution in [0.2, 0.25) is 5.02 Å². The summed E-state index contributed by atoms with van der Waals surface area (Å²) in [6, 6.07) is 6.93. The largest absolute Gasteiger partial charge is 0.425 e. The predicted octanol–water partition coefficient (Wildman–Crippen LogP) is 3.45. The summed E-state index contributed by atoms with van der Waals surface area (Å²) >= 11 is 6.18. The van der Waals surface area contributed by atoms with Gasteiger partial charge in [-0.2, -0.15) is 13.2 Å². The van der Waals surface area contributed by atoms with Crippen molar-refractivity contribution in [1.82, 2.24) is 14.5 Å². The number of nitrogens with zero attached hydrogens (tertiary/aromatic N) is 3. The van der Waals surface area contributed by atoms with Crippen LogP contribution in [-0.4, -0.2) is 44.2 Å². The van der Waals surface area contributed by atoms with Crippen LogP contribution in [0.25, 0.3) is 0 Å². The quantitative estimate of drug-likeness (QED) is 0.813. The molecule has 2 heterocycles. The lowest BCUT2D eigenvalue weighted by Gasteiger charge is -2.32. The summed E-state index contributed by atoms with van der Waals surface area (Å²) in [6.07, 6.45) is -1.88. The van der Waals surface area contributed by atoms with Crippen LogP contribution in [0.15, 0.2) is 36.7 Å². The van der Waals surface area contributed by atoms with E-state index in [0.29, 0.717) is 30.8 Å². The predicted molar refractivity (Wildman–Crippen MR) is 97.7 cm³/mol. The van der Waals surface area contributed by atoms with Crippen LogP contribution in [0.3, 0.4) is 0 Å². The molecule has 0 radical (unpaired) electrons. The molecule has 0 bridgehead atoms. The van der Waals surface area contributed by atoms with Gasteiger partial charge in [0.1, 0.15) is 0 Å². The summed E-state index contributed by atoms with van der Waals surface area (Å²) in [4.78, 5) is 17.9. The second kappa shape index (κ2) is 7.75. The van der Waals surface area contributed by atoms with Crippen molar-refractivity contribution in [1.29, 1.82) is 0 Å². The van der Waals surface area contributed by atoms with Crippen LogP contribution in [0.4, 0.5) is 13.2 Å². The molecule has 3 rings (SSSR count). The Bertz CT molecular complexity index is 855. The van der Waals surface area contributed by atoms with E-state index in [9.17, 15) is 23.1 Å². The van der Waals surface area contributed by atoms with Gasteiger partial charge >= 0.3 is 6.18 Å². The molecule has 2 atom stereocenters. The highest BCUT2D eigenvalue weighted by Crippen LogP contribution is 2.41. The van der Waals surface area contributed by atoms with E-state index in [-0.39, 0.29) is 6.04 Å². The van der Waals surface area contributed by atoms with Gasteiger partial charge in [-0.05, 0) is 30.9 Å². The number of alkyl halides is 3. The Morgan fingerprint density at radius 1 is 1.36 bits per heavy atom. The highest BCUT2D eigenvalue weighted by Gasteiger charge is 2.59. The second-order valence-electron chi connectivity index (χ2n) is 7.08. The van der Waals surface area contributed by atoms with E-state index in [0.717, 1.165) is 16.3 Å². The maximum atomic E-state index is 13.7. The summed E-state index contributed by atoms with van der Waals surface area (Å²) in [5, 5.41) is 11.0. The van der Waals surface area contributed by atoms with Gasteiger partial charge in [-0.15, -0.1) is 0 Å². The van der Waals surface area contributed by atoms with E-state index in [2.05, 4.69) is 4.98 Å². The van der Waals surface area contributed by atoms with Crippen LogP contribution in [0, 0.1) is 0 Å². The maximum Gasteiger partial charge on any atom is 0.425 e. The van der Waals surface area contributed by atoms with E-state index >= 15 is 0 Å². The highest BCUT2D eigenvalue weighted by molar-refractivity contribution is 6.31. The number of benzene rings is 1. The summed E-state index contributed by atoms with van der Waals surface area (Å²) in [6.45, 7) is 0.350. The summed E-state index contributed by atoms with van der Waals surface area (Å²) in [5.74, 6) is -1.35. The molecule has 0 aliphatic carbocycles. The summed E-state index contributed by atoms with van der Waals surface area (Å²) < 4.78 is 42.2. The van der Waals surface area contributed by atoms with Gasteiger partial charge in [0.05, 0.1) is 6.42 Å². The number of amides is 1. The first-order chi connectivity index (χ1) is 13.1. The van der Waals surface area contributed by atoms with Crippen LogP contribution in [0.1, 0.15) is 30.7 Å². The molecule has 1 saturated heterocycles. The lowest BCUT2D eigenvalue weighted by molar-refractivity contribution is -0.272. The molecule has 1 aromatic carbocycles. The van der Waals surface area contributed by atoms with Gasteiger partial charge in [0, 0.05) is 37.1 Å². The van der Waals surface area contributed by atoms with Crippen LogP contribution >= 0.6 is 11.6 Å². The number of likely N-dealkylation sites (tertiary alicyclic amines) is 1. The Balaban J connectivity index is 1.82. The Kier molecular flexibility index (Phi) is 5.72. The van der Waals surface area contributed by atoms with Crippen molar-refractivity contribution in [2.75, 3.05) is 6.54 Å². The minimum Gasteiger partial charge on any atom is -0.374 e. The van der Waals surface area contributed by atoms with Crippen molar-refractivity contribution in [2.24, 2.45) is 7.05 Å².